The van der Waals surface area contributed by atoms with Crippen molar-refractivity contribution in [2.24, 2.45) is 11.1 Å². The molecule has 174 valence electrons. The number of hydrogen-bond donors (Lipinski definition) is 1. The highest BCUT2D eigenvalue weighted by atomic mass is 16.7. The van der Waals surface area contributed by atoms with Gasteiger partial charge >= 0.3 is 6.09 Å². The summed E-state index contributed by atoms with van der Waals surface area (Å²) < 4.78 is 10.9. The van der Waals surface area contributed by atoms with Gasteiger partial charge in [-0.25, -0.2) is 9.80 Å². The molecule has 0 spiro atoms. The molecule has 5 aliphatic rings. The van der Waals surface area contributed by atoms with E-state index in [2.05, 4.69) is 25.4 Å². The second kappa shape index (κ2) is 8.38. The number of carbonyl (C=O) groups excluding carboxylic acids is 1. The average Bonchev–Trinajstić information content (AvgIpc) is 3.33. The number of ether oxygens (including phenoxy) is 2. The lowest BCUT2D eigenvalue weighted by molar-refractivity contribution is -0.111. The number of likely N-dealkylation sites (tertiary alicyclic amines) is 1. The highest BCUT2D eigenvalue weighted by molar-refractivity contribution is 5.83. The lowest BCUT2D eigenvalue weighted by Crippen LogP contribution is -2.60. The summed E-state index contributed by atoms with van der Waals surface area (Å²) in [4.78, 5) is 24.7. The van der Waals surface area contributed by atoms with Gasteiger partial charge in [0, 0.05) is 51.9 Å². The van der Waals surface area contributed by atoms with Gasteiger partial charge in [0.15, 0.2) is 6.23 Å². The molecule has 5 heterocycles. The zero-order valence-electron chi connectivity index (χ0n) is 19.0. The Balaban J connectivity index is 1.10. The van der Waals surface area contributed by atoms with E-state index in [9.17, 15) is 4.79 Å². The van der Waals surface area contributed by atoms with E-state index in [0.29, 0.717) is 31.1 Å². The van der Waals surface area contributed by atoms with Crippen LogP contribution in [0, 0.1) is 5.92 Å². The van der Waals surface area contributed by atoms with Crippen LogP contribution in [0.25, 0.3) is 0 Å². The summed E-state index contributed by atoms with van der Waals surface area (Å²) in [7, 11) is 0. The normalized spacial score (nSPS) is 33.0. The van der Waals surface area contributed by atoms with Gasteiger partial charge in [-0.15, -0.1) is 0 Å². The van der Waals surface area contributed by atoms with E-state index >= 15 is 0 Å². The predicted octanol–water partition coefficient (Wildman–Crippen LogP) is 0.509. The number of hydrazine groups is 1. The molecule has 0 saturated carbocycles. The van der Waals surface area contributed by atoms with Gasteiger partial charge in [-0.05, 0) is 33.1 Å². The third-order valence-corrected chi connectivity index (χ3v) is 7.00. The lowest BCUT2D eigenvalue weighted by Gasteiger charge is -2.43. The Morgan fingerprint density at radius 2 is 1.94 bits per heavy atom. The maximum atomic E-state index is 12.3. The Hall–Kier alpha value is -1.62. The molecular formula is C21H36N6O4. The van der Waals surface area contributed by atoms with E-state index in [0.717, 1.165) is 58.2 Å². The largest absolute Gasteiger partial charge is 0.444 e. The topological polar surface area (TPSA) is 82.1 Å². The van der Waals surface area contributed by atoms with Gasteiger partial charge in [0.1, 0.15) is 11.4 Å². The number of hydrogen-bond acceptors (Lipinski definition) is 9. The first-order valence-electron chi connectivity index (χ1n) is 11.7. The van der Waals surface area contributed by atoms with Crippen molar-refractivity contribution < 1.29 is 19.1 Å². The highest BCUT2D eigenvalue weighted by Crippen LogP contribution is 2.31. The van der Waals surface area contributed by atoms with Crippen molar-refractivity contribution in [1.29, 1.82) is 0 Å². The molecule has 0 aromatic rings. The summed E-state index contributed by atoms with van der Waals surface area (Å²) in [5, 5.41) is 6.87. The Labute approximate surface area is 184 Å². The minimum atomic E-state index is -0.464. The average molecular weight is 437 g/mol. The van der Waals surface area contributed by atoms with E-state index in [1.165, 1.54) is 6.42 Å². The van der Waals surface area contributed by atoms with E-state index in [4.69, 9.17) is 14.3 Å². The minimum absolute atomic E-state index is 0.0138. The molecular weight excluding hydrogens is 400 g/mol. The van der Waals surface area contributed by atoms with Crippen molar-refractivity contribution in [3.05, 3.63) is 0 Å². The quantitative estimate of drug-likeness (QED) is 0.671. The standard InChI is InChI=1S/C21H36N6O4/c1-21(2,3)30-20(28)25-8-6-24(7-9-25)18-10-19(31-23-18)26-5-4-15-11-22-27(17(15)12-26)16-13-29-14-16/h15-17,19,22H,4-14H2,1-3H3. The number of amides is 1. The van der Waals surface area contributed by atoms with Crippen molar-refractivity contribution in [1.82, 2.24) is 25.1 Å². The van der Waals surface area contributed by atoms with E-state index < -0.39 is 5.60 Å². The lowest BCUT2D eigenvalue weighted by atomic mass is 9.92. The van der Waals surface area contributed by atoms with Crippen LogP contribution in [0.4, 0.5) is 4.79 Å². The fraction of sp³-hybridized carbons (Fsp3) is 0.905. The molecule has 3 atom stereocenters. The first-order chi connectivity index (χ1) is 14.9. The number of piperidine rings is 1. The summed E-state index contributed by atoms with van der Waals surface area (Å²) in [6.07, 6.45) is 1.78. The summed E-state index contributed by atoms with van der Waals surface area (Å²) in [5.41, 5.74) is 3.14. The molecule has 10 nitrogen and oxygen atoms in total. The van der Waals surface area contributed by atoms with Crippen LogP contribution in [0.2, 0.25) is 0 Å². The van der Waals surface area contributed by atoms with Gasteiger partial charge in [-0.3, -0.25) is 10.3 Å². The SMILES string of the molecule is CC(C)(C)OC(=O)N1CCN(C2=NOC(N3CCC4CNN(C5COC5)C4C3)C2)CC1. The maximum absolute atomic E-state index is 12.3. The number of nitrogens with zero attached hydrogens (tertiary/aromatic N) is 5. The number of piperazine rings is 1. The van der Waals surface area contributed by atoms with Crippen molar-refractivity contribution >= 4 is 11.9 Å². The molecule has 5 rings (SSSR count). The van der Waals surface area contributed by atoms with Gasteiger partial charge in [-0.2, -0.15) is 0 Å². The molecule has 5 aliphatic heterocycles. The van der Waals surface area contributed by atoms with Crippen LogP contribution in [-0.2, 0) is 14.3 Å². The summed E-state index contributed by atoms with van der Waals surface area (Å²) in [5.74, 6) is 1.71. The Morgan fingerprint density at radius 3 is 2.61 bits per heavy atom. The summed E-state index contributed by atoms with van der Waals surface area (Å²) >= 11 is 0. The molecule has 0 radical (unpaired) electrons. The fourth-order valence-electron chi connectivity index (χ4n) is 5.15. The molecule has 0 aromatic heterocycles. The number of rotatable bonds is 2. The number of oxime groups is 1. The molecule has 1 amide bonds. The highest BCUT2D eigenvalue weighted by Gasteiger charge is 2.45. The van der Waals surface area contributed by atoms with Gasteiger partial charge in [0.05, 0.1) is 25.7 Å². The van der Waals surface area contributed by atoms with E-state index in [1.807, 2.05) is 20.8 Å². The Bertz CT molecular complexity index is 700. The third kappa shape index (κ3) is 4.48. The van der Waals surface area contributed by atoms with Crippen molar-refractivity contribution in [2.45, 2.75) is 57.5 Å². The van der Waals surface area contributed by atoms with Gasteiger partial charge in [0.2, 0.25) is 0 Å². The minimum Gasteiger partial charge on any atom is -0.444 e. The van der Waals surface area contributed by atoms with Crippen LogP contribution in [0.3, 0.4) is 0 Å². The summed E-state index contributed by atoms with van der Waals surface area (Å²) in [6.45, 7) is 13.3. The van der Waals surface area contributed by atoms with Crippen LogP contribution < -0.4 is 5.43 Å². The molecule has 4 saturated heterocycles. The van der Waals surface area contributed by atoms with Gasteiger partial charge in [-0.1, -0.05) is 5.16 Å². The molecule has 0 aliphatic carbocycles. The van der Waals surface area contributed by atoms with Crippen LogP contribution >= 0.6 is 0 Å². The second-order valence-electron chi connectivity index (χ2n) is 10.3. The molecule has 0 aromatic carbocycles. The fourth-order valence-corrected chi connectivity index (χ4v) is 5.15. The van der Waals surface area contributed by atoms with Crippen LogP contribution in [-0.4, -0.2) is 115 Å². The number of fused-ring (bicyclic) bond motifs is 1. The zero-order valence-corrected chi connectivity index (χ0v) is 19.0. The zero-order chi connectivity index (χ0) is 21.6. The first-order valence-corrected chi connectivity index (χ1v) is 11.7. The third-order valence-electron chi connectivity index (χ3n) is 7.00. The van der Waals surface area contributed by atoms with E-state index in [-0.39, 0.29) is 12.3 Å². The van der Waals surface area contributed by atoms with Crippen molar-refractivity contribution in [3.8, 4) is 0 Å². The smallest absolute Gasteiger partial charge is 0.410 e. The summed E-state index contributed by atoms with van der Waals surface area (Å²) in [6, 6.07) is 1.03. The molecule has 1 N–H and O–H groups in total. The Kier molecular flexibility index (Phi) is 5.74. The van der Waals surface area contributed by atoms with Crippen LogP contribution in [0.5, 0.6) is 0 Å². The number of carbonyl (C=O) groups is 1. The van der Waals surface area contributed by atoms with Crippen LogP contribution in [0.15, 0.2) is 5.16 Å². The number of amidine groups is 1. The Morgan fingerprint density at radius 1 is 1.16 bits per heavy atom. The van der Waals surface area contributed by atoms with Gasteiger partial charge in [0.25, 0.3) is 0 Å². The predicted molar refractivity (Wildman–Crippen MR) is 114 cm³/mol. The molecule has 10 heteroatoms. The second-order valence-corrected chi connectivity index (χ2v) is 10.3. The van der Waals surface area contributed by atoms with Crippen LogP contribution in [0.1, 0.15) is 33.6 Å². The molecule has 0 bridgehead atoms. The van der Waals surface area contributed by atoms with Crippen molar-refractivity contribution in [2.75, 3.05) is 59.0 Å². The molecule has 31 heavy (non-hydrogen) atoms. The molecule has 3 unspecified atom stereocenters. The van der Waals surface area contributed by atoms with E-state index in [1.54, 1.807) is 4.90 Å². The first kappa shape index (κ1) is 21.2. The maximum Gasteiger partial charge on any atom is 0.410 e. The van der Waals surface area contributed by atoms with Crippen molar-refractivity contribution in [3.63, 3.8) is 0 Å². The number of nitrogens with one attached hydrogen (secondary N) is 1. The van der Waals surface area contributed by atoms with Gasteiger partial charge < -0.3 is 24.1 Å². The molecule has 4 fully saturated rings. The monoisotopic (exact) mass is 436 g/mol.